The Balaban J connectivity index is 2.17. The average Bonchev–Trinajstić information content (AvgIpc) is 3.21. The lowest BCUT2D eigenvalue weighted by atomic mass is 9.76. The Hall–Kier alpha value is -2.18. The molecule has 0 heterocycles. The molecule has 1 aliphatic carbocycles. The van der Waals surface area contributed by atoms with Crippen LogP contribution in [0.4, 0.5) is 0 Å². The Kier molecular flexibility index (Phi) is 8.67. The molecule has 1 aromatic carbocycles. The van der Waals surface area contributed by atoms with E-state index in [0.29, 0.717) is 12.8 Å². The van der Waals surface area contributed by atoms with Gasteiger partial charge in [0.05, 0.1) is 24.5 Å². The van der Waals surface area contributed by atoms with Crippen LogP contribution in [0.3, 0.4) is 0 Å². The number of hydrogen-bond donors (Lipinski definition) is 4. The summed E-state index contributed by atoms with van der Waals surface area (Å²) in [6, 6.07) is 9.19. The summed E-state index contributed by atoms with van der Waals surface area (Å²) in [7, 11) is 0. The molecule has 1 aromatic rings. The van der Waals surface area contributed by atoms with E-state index in [-0.39, 0.29) is 18.4 Å². The van der Waals surface area contributed by atoms with Gasteiger partial charge in [-0.3, -0.25) is 14.8 Å². The molecule has 0 bridgehead atoms. The molecule has 154 valence electrons. The summed E-state index contributed by atoms with van der Waals surface area (Å²) < 4.78 is 0. The number of hydrogen-bond acceptors (Lipinski definition) is 4. The first kappa shape index (κ1) is 22.1. The Morgan fingerprint density at radius 1 is 1.18 bits per heavy atom. The first-order chi connectivity index (χ1) is 13.5. The van der Waals surface area contributed by atoms with Crippen LogP contribution in [0.25, 0.3) is 0 Å². The van der Waals surface area contributed by atoms with Gasteiger partial charge in [0.2, 0.25) is 11.8 Å². The van der Waals surface area contributed by atoms with E-state index in [9.17, 15) is 19.9 Å². The van der Waals surface area contributed by atoms with Crippen molar-refractivity contribution in [2.75, 3.05) is 6.61 Å². The topological polar surface area (TPSA) is 98.7 Å². The molecule has 0 aliphatic heterocycles. The van der Waals surface area contributed by atoms with Gasteiger partial charge in [-0.15, -0.1) is 6.58 Å². The molecule has 0 aromatic heterocycles. The standard InChI is InChI=1S/C22H32N2O4/c1-15(2)12-19(20(22(27)24-28)17-10-6-7-11-17)21(26)23-18(14-25)13-16-8-4-3-5-9-16/h3-5,8-9,17-20,25,28H,1,6-7,10-14H2,2H3,(H,23,26)(H,24,27). The molecule has 2 amide bonds. The van der Waals surface area contributed by atoms with E-state index in [1.165, 1.54) is 0 Å². The Morgan fingerprint density at radius 3 is 2.36 bits per heavy atom. The monoisotopic (exact) mass is 388 g/mol. The minimum absolute atomic E-state index is 0.0592. The van der Waals surface area contributed by atoms with Crippen LogP contribution in [0.5, 0.6) is 0 Å². The van der Waals surface area contributed by atoms with Crippen LogP contribution in [0.1, 0.15) is 44.6 Å². The van der Waals surface area contributed by atoms with Crippen molar-refractivity contribution in [3.63, 3.8) is 0 Å². The molecule has 1 saturated carbocycles. The largest absolute Gasteiger partial charge is 0.394 e. The lowest BCUT2D eigenvalue weighted by Crippen LogP contribution is -2.48. The van der Waals surface area contributed by atoms with Gasteiger partial charge < -0.3 is 10.4 Å². The first-order valence-corrected chi connectivity index (χ1v) is 9.99. The van der Waals surface area contributed by atoms with Crippen LogP contribution in [-0.4, -0.2) is 34.8 Å². The molecule has 1 aliphatic rings. The van der Waals surface area contributed by atoms with Crippen LogP contribution >= 0.6 is 0 Å². The van der Waals surface area contributed by atoms with Crippen molar-refractivity contribution in [2.24, 2.45) is 17.8 Å². The van der Waals surface area contributed by atoms with Crippen molar-refractivity contribution in [3.05, 3.63) is 48.0 Å². The van der Waals surface area contributed by atoms with Crippen molar-refractivity contribution in [3.8, 4) is 0 Å². The van der Waals surface area contributed by atoms with E-state index in [1.807, 2.05) is 37.3 Å². The van der Waals surface area contributed by atoms with Gasteiger partial charge in [-0.05, 0) is 44.1 Å². The lowest BCUT2D eigenvalue weighted by molar-refractivity contribution is -0.143. The van der Waals surface area contributed by atoms with E-state index < -0.39 is 23.8 Å². The molecular formula is C22H32N2O4. The van der Waals surface area contributed by atoms with Gasteiger partial charge in [0.1, 0.15) is 0 Å². The van der Waals surface area contributed by atoms with E-state index in [1.54, 1.807) is 5.48 Å². The van der Waals surface area contributed by atoms with E-state index in [4.69, 9.17) is 0 Å². The zero-order valence-electron chi connectivity index (χ0n) is 16.6. The third-order valence-electron chi connectivity index (χ3n) is 5.55. The number of hydroxylamine groups is 1. The normalized spacial score (nSPS) is 17.5. The third kappa shape index (κ3) is 6.17. The van der Waals surface area contributed by atoms with Crippen molar-refractivity contribution in [1.29, 1.82) is 0 Å². The molecule has 1 fully saturated rings. The predicted molar refractivity (Wildman–Crippen MR) is 107 cm³/mol. The Morgan fingerprint density at radius 2 is 1.82 bits per heavy atom. The maximum Gasteiger partial charge on any atom is 0.247 e. The van der Waals surface area contributed by atoms with Gasteiger partial charge in [0.15, 0.2) is 0 Å². The van der Waals surface area contributed by atoms with Crippen molar-refractivity contribution in [1.82, 2.24) is 10.8 Å². The lowest BCUT2D eigenvalue weighted by Gasteiger charge is -2.30. The summed E-state index contributed by atoms with van der Waals surface area (Å²) in [5.41, 5.74) is 3.58. The second-order valence-corrected chi connectivity index (χ2v) is 7.89. The number of aliphatic hydroxyl groups is 1. The predicted octanol–water partition coefficient (Wildman–Crippen LogP) is 2.60. The van der Waals surface area contributed by atoms with Crippen LogP contribution in [0, 0.1) is 17.8 Å². The Labute approximate surface area is 167 Å². The first-order valence-electron chi connectivity index (χ1n) is 9.99. The SMILES string of the molecule is C=C(C)CC(C(=O)NC(CO)Cc1ccccc1)C(C(=O)NO)C1CCCC1. The molecule has 0 spiro atoms. The highest BCUT2D eigenvalue weighted by molar-refractivity contribution is 5.87. The minimum Gasteiger partial charge on any atom is -0.394 e. The Bertz CT molecular complexity index is 656. The number of nitrogens with one attached hydrogen (secondary N) is 2. The van der Waals surface area contributed by atoms with Crippen molar-refractivity contribution >= 4 is 11.8 Å². The molecular weight excluding hydrogens is 356 g/mol. The molecule has 6 nitrogen and oxygen atoms in total. The van der Waals surface area contributed by atoms with Crippen LogP contribution in [0.2, 0.25) is 0 Å². The quantitative estimate of drug-likeness (QED) is 0.281. The number of carbonyl (C=O) groups is 2. The molecule has 3 unspecified atom stereocenters. The number of aliphatic hydroxyl groups excluding tert-OH is 1. The average molecular weight is 389 g/mol. The maximum atomic E-state index is 13.1. The third-order valence-corrected chi connectivity index (χ3v) is 5.55. The molecule has 2 rings (SSSR count). The van der Waals surface area contributed by atoms with Gasteiger partial charge in [-0.25, -0.2) is 5.48 Å². The molecule has 6 heteroatoms. The van der Waals surface area contributed by atoms with Gasteiger partial charge in [-0.2, -0.15) is 0 Å². The van der Waals surface area contributed by atoms with Gasteiger partial charge >= 0.3 is 0 Å². The molecule has 28 heavy (non-hydrogen) atoms. The van der Waals surface area contributed by atoms with Crippen LogP contribution in [0.15, 0.2) is 42.5 Å². The fraction of sp³-hybridized carbons (Fsp3) is 0.545. The van der Waals surface area contributed by atoms with Crippen LogP contribution in [-0.2, 0) is 16.0 Å². The smallest absolute Gasteiger partial charge is 0.247 e. The summed E-state index contributed by atoms with van der Waals surface area (Å²) >= 11 is 0. The van der Waals surface area contributed by atoms with Crippen molar-refractivity contribution < 1.29 is 19.9 Å². The van der Waals surface area contributed by atoms with Crippen LogP contribution < -0.4 is 10.8 Å². The highest BCUT2D eigenvalue weighted by atomic mass is 16.5. The number of rotatable bonds is 10. The van der Waals surface area contributed by atoms with E-state index >= 15 is 0 Å². The second kappa shape index (κ2) is 11.0. The summed E-state index contributed by atoms with van der Waals surface area (Å²) in [5, 5.41) is 21.9. The van der Waals surface area contributed by atoms with E-state index in [0.717, 1.165) is 36.8 Å². The highest BCUT2D eigenvalue weighted by Crippen LogP contribution is 2.37. The zero-order valence-corrected chi connectivity index (χ0v) is 16.6. The number of benzene rings is 1. The fourth-order valence-corrected chi connectivity index (χ4v) is 4.24. The maximum absolute atomic E-state index is 13.1. The molecule has 3 atom stereocenters. The van der Waals surface area contributed by atoms with Gasteiger partial charge in [-0.1, -0.05) is 48.7 Å². The summed E-state index contributed by atoms with van der Waals surface area (Å²) in [6.45, 7) is 5.55. The number of allylic oxidation sites excluding steroid dienone is 1. The van der Waals surface area contributed by atoms with Crippen molar-refractivity contribution in [2.45, 2.75) is 51.5 Å². The van der Waals surface area contributed by atoms with Gasteiger partial charge in [0, 0.05) is 0 Å². The number of carbonyl (C=O) groups excluding carboxylic acids is 2. The zero-order chi connectivity index (χ0) is 20.5. The van der Waals surface area contributed by atoms with Gasteiger partial charge in [0.25, 0.3) is 0 Å². The molecule has 0 saturated heterocycles. The number of amides is 2. The van der Waals surface area contributed by atoms with E-state index in [2.05, 4.69) is 11.9 Å². The second-order valence-electron chi connectivity index (χ2n) is 7.89. The summed E-state index contributed by atoms with van der Waals surface area (Å²) in [4.78, 5) is 25.6. The molecule has 0 radical (unpaired) electrons. The summed E-state index contributed by atoms with van der Waals surface area (Å²) in [6.07, 6.45) is 4.65. The molecule has 4 N–H and O–H groups in total. The minimum atomic E-state index is -0.627. The summed E-state index contributed by atoms with van der Waals surface area (Å²) in [5.74, 6) is -1.97. The highest BCUT2D eigenvalue weighted by Gasteiger charge is 2.40. The fourth-order valence-electron chi connectivity index (χ4n) is 4.24.